The second kappa shape index (κ2) is 6.69. The number of phenolic OH excluding ortho intramolecular Hbond substituents is 1. The van der Waals surface area contributed by atoms with Crippen LogP contribution in [-0.2, 0) is 11.2 Å². The molecule has 2 rings (SSSR count). The molecule has 0 atom stereocenters. The van der Waals surface area contributed by atoms with Crippen molar-refractivity contribution in [2.45, 2.75) is 26.7 Å². The third-order valence-electron chi connectivity index (χ3n) is 3.18. The summed E-state index contributed by atoms with van der Waals surface area (Å²) < 4.78 is 0. The molecule has 0 saturated carbocycles. The topological polar surface area (TPSA) is 90.4 Å². The zero-order valence-corrected chi connectivity index (χ0v) is 12.1. The Morgan fingerprint density at radius 3 is 2.71 bits per heavy atom. The van der Waals surface area contributed by atoms with Crippen LogP contribution in [0.1, 0.15) is 28.9 Å². The number of aryl methyl sites for hydroxylation is 2. The van der Waals surface area contributed by atoms with Gasteiger partial charge in [0.15, 0.2) is 0 Å². The molecule has 0 radical (unpaired) electrons. The number of aromatic hydroxyl groups is 1. The summed E-state index contributed by atoms with van der Waals surface area (Å²) >= 11 is 0. The van der Waals surface area contributed by atoms with Gasteiger partial charge in [0.05, 0.1) is 11.9 Å². The first-order chi connectivity index (χ1) is 10.1. The highest BCUT2D eigenvalue weighted by Gasteiger charge is 2.08. The van der Waals surface area contributed by atoms with Gasteiger partial charge >= 0.3 is 0 Å². The summed E-state index contributed by atoms with van der Waals surface area (Å²) in [6.07, 6.45) is 2.52. The Morgan fingerprint density at radius 2 is 2.10 bits per heavy atom. The predicted octanol–water partition coefficient (Wildman–Crippen LogP) is 1.82. The molecule has 0 aliphatic heterocycles. The van der Waals surface area contributed by atoms with E-state index in [4.69, 9.17) is 5.11 Å². The molecule has 0 unspecified atom stereocenters. The second-order valence-corrected chi connectivity index (χ2v) is 4.80. The van der Waals surface area contributed by atoms with E-state index in [1.54, 1.807) is 24.3 Å². The standard InChI is InChI=1S/C15H18N4O2/c1-10-14(11(2)18-17-10)7-8-15(21)19-16-9-12-3-5-13(20)6-4-12/h3-6,9,20H,7-8H2,1-2H3,(H,17,18)(H,19,21). The van der Waals surface area contributed by atoms with Crippen molar-refractivity contribution in [1.82, 2.24) is 15.6 Å². The molecule has 1 amide bonds. The summed E-state index contributed by atoms with van der Waals surface area (Å²) in [4.78, 5) is 11.7. The van der Waals surface area contributed by atoms with Crippen LogP contribution in [0, 0.1) is 13.8 Å². The van der Waals surface area contributed by atoms with Crippen molar-refractivity contribution in [3.63, 3.8) is 0 Å². The average molecular weight is 286 g/mol. The van der Waals surface area contributed by atoms with Crippen molar-refractivity contribution in [1.29, 1.82) is 0 Å². The lowest BCUT2D eigenvalue weighted by molar-refractivity contribution is -0.121. The highest BCUT2D eigenvalue weighted by Crippen LogP contribution is 2.11. The molecule has 6 heteroatoms. The van der Waals surface area contributed by atoms with Crippen molar-refractivity contribution in [2.75, 3.05) is 0 Å². The fraction of sp³-hybridized carbons (Fsp3) is 0.267. The number of hydrazone groups is 1. The van der Waals surface area contributed by atoms with Crippen molar-refractivity contribution < 1.29 is 9.90 Å². The number of hydrogen-bond acceptors (Lipinski definition) is 4. The minimum atomic E-state index is -0.148. The summed E-state index contributed by atoms with van der Waals surface area (Å²) in [5.41, 5.74) is 6.28. The van der Waals surface area contributed by atoms with Crippen molar-refractivity contribution in [2.24, 2.45) is 5.10 Å². The zero-order chi connectivity index (χ0) is 15.2. The van der Waals surface area contributed by atoms with Crippen LogP contribution >= 0.6 is 0 Å². The van der Waals surface area contributed by atoms with Gasteiger partial charge in [-0.25, -0.2) is 5.43 Å². The van der Waals surface area contributed by atoms with E-state index in [-0.39, 0.29) is 11.7 Å². The third kappa shape index (κ3) is 4.17. The van der Waals surface area contributed by atoms with Crippen LogP contribution in [0.2, 0.25) is 0 Å². The van der Waals surface area contributed by atoms with Crippen molar-refractivity contribution in [3.05, 3.63) is 46.8 Å². The largest absolute Gasteiger partial charge is 0.508 e. The summed E-state index contributed by atoms with van der Waals surface area (Å²) in [6, 6.07) is 6.55. The predicted molar refractivity (Wildman–Crippen MR) is 80.2 cm³/mol. The lowest BCUT2D eigenvalue weighted by atomic mass is 10.1. The van der Waals surface area contributed by atoms with E-state index in [1.807, 2.05) is 13.8 Å². The van der Waals surface area contributed by atoms with Gasteiger partial charge in [-0.3, -0.25) is 9.89 Å². The first kappa shape index (κ1) is 14.8. The maximum Gasteiger partial charge on any atom is 0.240 e. The SMILES string of the molecule is Cc1n[nH]c(C)c1CCC(=O)NN=Cc1ccc(O)cc1. The monoisotopic (exact) mass is 286 g/mol. The van der Waals surface area contributed by atoms with Gasteiger partial charge in [0, 0.05) is 12.1 Å². The molecule has 1 aromatic heterocycles. The number of carbonyl (C=O) groups excluding carboxylic acids is 1. The van der Waals surface area contributed by atoms with Crippen LogP contribution in [0.5, 0.6) is 5.75 Å². The van der Waals surface area contributed by atoms with Gasteiger partial charge < -0.3 is 5.11 Å². The van der Waals surface area contributed by atoms with Crippen LogP contribution in [0.25, 0.3) is 0 Å². The molecule has 3 N–H and O–H groups in total. The minimum Gasteiger partial charge on any atom is -0.508 e. The molecule has 21 heavy (non-hydrogen) atoms. The van der Waals surface area contributed by atoms with Crippen LogP contribution in [-0.4, -0.2) is 27.4 Å². The lowest BCUT2D eigenvalue weighted by Crippen LogP contribution is -2.18. The van der Waals surface area contributed by atoms with Crippen molar-refractivity contribution >= 4 is 12.1 Å². The van der Waals surface area contributed by atoms with Gasteiger partial charge in [0.2, 0.25) is 5.91 Å². The Kier molecular flexibility index (Phi) is 4.71. The van der Waals surface area contributed by atoms with Gasteiger partial charge in [-0.1, -0.05) is 0 Å². The zero-order valence-electron chi connectivity index (χ0n) is 12.1. The van der Waals surface area contributed by atoms with Gasteiger partial charge in [0.25, 0.3) is 0 Å². The van der Waals surface area contributed by atoms with E-state index >= 15 is 0 Å². The number of aromatic nitrogens is 2. The molecule has 1 aromatic carbocycles. The number of hydrogen-bond donors (Lipinski definition) is 3. The Labute approximate surface area is 122 Å². The van der Waals surface area contributed by atoms with Crippen LogP contribution in [0.4, 0.5) is 0 Å². The molecule has 0 bridgehead atoms. The first-order valence-electron chi connectivity index (χ1n) is 6.67. The van der Waals surface area contributed by atoms with Gasteiger partial charge in [0.1, 0.15) is 5.75 Å². The summed E-state index contributed by atoms with van der Waals surface area (Å²) in [7, 11) is 0. The maximum atomic E-state index is 11.7. The van der Waals surface area contributed by atoms with Gasteiger partial charge in [-0.2, -0.15) is 10.2 Å². The van der Waals surface area contributed by atoms with Crippen LogP contribution in [0.3, 0.4) is 0 Å². The first-order valence-corrected chi connectivity index (χ1v) is 6.67. The summed E-state index contributed by atoms with van der Waals surface area (Å²) in [5.74, 6) is 0.0482. The van der Waals surface area contributed by atoms with Crippen molar-refractivity contribution in [3.8, 4) is 5.75 Å². The number of aromatic amines is 1. The molecule has 1 heterocycles. The van der Waals surface area contributed by atoms with Gasteiger partial charge in [-0.05, 0) is 55.7 Å². The van der Waals surface area contributed by atoms with Crippen LogP contribution in [0.15, 0.2) is 29.4 Å². The molecule has 0 fully saturated rings. The summed E-state index contributed by atoms with van der Waals surface area (Å²) in [6.45, 7) is 3.86. The fourth-order valence-corrected chi connectivity index (χ4v) is 1.98. The number of amides is 1. The molecule has 110 valence electrons. The Balaban J connectivity index is 1.81. The van der Waals surface area contributed by atoms with Crippen LogP contribution < -0.4 is 5.43 Å². The smallest absolute Gasteiger partial charge is 0.240 e. The average Bonchev–Trinajstić information content (AvgIpc) is 2.78. The molecule has 6 nitrogen and oxygen atoms in total. The fourth-order valence-electron chi connectivity index (χ4n) is 1.98. The van der Waals surface area contributed by atoms with E-state index in [2.05, 4.69) is 20.7 Å². The van der Waals surface area contributed by atoms with E-state index in [1.165, 1.54) is 6.21 Å². The number of nitrogens with zero attached hydrogens (tertiary/aromatic N) is 2. The quantitative estimate of drug-likeness (QED) is 0.578. The summed E-state index contributed by atoms with van der Waals surface area (Å²) in [5, 5.41) is 20.0. The second-order valence-electron chi connectivity index (χ2n) is 4.80. The Morgan fingerprint density at radius 1 is 1.38 bits per heavy atom. The molecule has 0 saturated heterocycles. The van der Waals surface area contributed by atoms with E-state index < -0.39 is 0 Å². The number of rotatable bonds is 5. The van der Waals surface area contributed by atoms with E-state index in [0.717, 1.165) is 22.5 Å². The normalized spacial score (nSPS) is 11.0. The molecule has 0 aliphatic carbocycles. The molecule has 0 aliphatic rings. The van der Waals surface area contributed by atoms with E-state index in [0.29, 0.717) is 12.8 Å². The lowest BCUT2D eigenvalue weighted by Gasteiger charge is -2.01. The molecular formula is C15H18N4O2. The number of H-pyrrole nitrogens is 1. The highest BCUT2D eigenvalue weighted by atomic mass is 16.3. The number of phenols is 1. The Bertz CT molecular complexity index is 625. The van der Waals surface area contributed by atoms with Gasteiger partial charge in [-0.15, -0.1) is 0 Å². The number of nitrogens with one attached hydrogen (secondary N) is 2. The Hall–Kier alpha value is -2.63. The molecule has 2 aromatic rings. The maximum absolute atomic E-state index is 11.7. The van der Waals surface area contributed by atoms with E-state index in [9.17, 15) is 4.79 Å². The highest BCUT2D eigenvalue weighted by molar-refractivity contribution is 5.82. The minimum absolute atomic E-state index is 0.148. The number of carbonyl (C=O) groups is 1. The molecular weight excluding hydrogens is 268 g/mol. The third-order valence-corrected chi connectivity index (χ3v) is 3.18. The molecule has 0 spiro atoms. The number of benzene rings is 1.